The van der Waals surface area contributed by atoms with Crippen LogP contribution in [0.1, 0.15) is 31.4 Å². The Bertz CT molecular complexity index is 379. The van der Waals surface area contributed by atoms with Crippen LogP contribution in [0, 0.1) is 0 Å². The number of allylic oxidation sites excluding steroid dienone is 1. The Morgan fingerprint density at radius 1 is 1.29 bits per heavy atom. The van der Waals surface area contributed by atoms with E-state index < -0.39 is 0 Å². The molecule has 0 aromatic heterocycles. The van der Waals surface area contributed by atoms with E-state index in [1.54, 1.807) is 0 Å². The van der Waals surface area contributed by atoms with Crippen molar-refractivity contribution < 1.29 is 5.11 Å². The van der Waals surface area contributed by atoms with Crippen LogP contribution in [-0.4, -0.2) is 11.7 Å². The molecule has 0 saturated carbocycles. The third-order valence-corrected chi connectivity index (χ3v) is 3.41. The summed E-state index contributed by atoms with van der Waals surface area (Å²) >= 11 is 0. The maximum Gasteiger partial charge on any atom is 0.0442 e. The topological polar surface area (TPSA) is 20.2 Å². The summed E-state index contributed by atoms with van der Waals surface area (Å²) in [5.41, 5.74) is 4.06. The molecule has 0 bridgehead atoms. The van der Waals surface area contributed by atoms with Crippen molar-refractivity contribution >= 4 is 6.08 Å². The smallest absolute Gasteiger partial charge is 0.0442 e. The van der Waals surface area contributed by atoms with E-state index in [4.69, 9.17) is 5.11 Å². The predicted molar refractivity (Wildman–Crippen MR) is 59.1 cm³/mol. The van der Waals surface area contributed by atoms with E-state index in [-0.39, 0.29) is 12.0 Å². The summed E-state index contributed by atoms with van der Waals surface area (Å²) in [6.45, 7) is 4.60. The number of aliphatic hydroxyl groups excluding tert-OH is 1. The summed E-state index contributed by atoms with van der Waals surface area (Å²) in [4.78, 5) is 0. The average molecular weight is 188 g/mol. The largest absolute Gasteiger partial charge is 0.396 e. The van der Waals surface area contributed by atoms with Crippen molar-refractivity contribution in [2.75, 3.05) is 6.61 Å². The van der Waals surface area contributed by atoms with Gasteiger partial charge in [-0.25, -0.2) is 0 Å². The van der Waals surface area contributed by atoms with Crippen LogP contribution in [0.25, 0.3) is 6.08 Å². The highest BCUT2D eigenvalue weighted by atomic mass is 16.3. The van der Waals surface area contributed by atoms with Crippen LogP contribution >= 0.6 is 0 Å². The molecule has 0 amide bonds. The molecule has 1 aliphatic carbocycles. The van der Waals surface area contributed by atoms with Crippen molar-refractivity contribution in [1.29, 1.82) is 0 Å². The molecule has 1 heteroatoms. The van der Waals surface area contributed by atoms with E-state index in [2.05, 4.69) is 44.2 Å². The van der Waals surface area contributed by atoms with Crippen molar-refractivity contribution in [3.05, 3.63) is 41.0 Å². The van der Waals surface area contributed by atoms with Gasteiger partial charge in [-0.05, 0) is 24.5 Å². The maximum atomic E-state index is 9.11. The van der Waals surface area contributed by atoms with Gasteiger partial charge in [0.25, 0.3) is 0 Å². The zero-order valence-electron chi connectivity index (χ0n) is 8.75. The van der Waals surface area contributed by atoms with Gasteiger partial charge in [-0.2, -0.15) is 0 Å². The fraction of sp³-hybridized carbons (Fsp3) is 0.385. The first-order valence-electron chi connectivity index (χ1n) is 5.07. The summed E-state index contributed by atoms with van der Waals surface area (Å²) in [7, 11) is 0. The van der Waals surface area contributed by atoms with Crippen molar-refractivity contribution in [2.24, 2.45) is 0 Å². The molecule has 0 heterocycles. The van der Waals surface area contributed by atoms with Gasteiger partial charge >= 0.3 is 0 Å². The summed E-state index contributed by atoms with van der Waals surface area (Å²) in [6.07, 6.45) is 3.04. The third-order valence-electron chi connectivity index (χ3n) is 3.41. The van der Waals surface area contributed by atoms with E-state index in [9.17, 15) is 0 Å². The number of aliphatic hydroxyl groups is 1. The predicted octanol–water partition coefficient (Wildman–Crippen LogP) is 2.74. The monoisotopic (exact) mass is 188 g/mol. The first-order chi connectivity index (χ1) is 6.68. The number of hydrogen-bond donors (Lipinski definition) is 1. The third kappa shape index (κ3) is 1.20. The molecule has 0 fully saturated rings. The minimum atomic E-state index is 0.0470. The lowest BCUT2D eigenvalue weighted by Crippen LogP contribution is -2.22. The van der Waals surface area contributed by atoms with Gasteiger partial charge < -0.3 is 5.11 Å². The molecule has 74 valence electrons. The van der Waals surface area contributed by atoms with E-state index >= 15 is 0 Å². The Labute approximate surface area is 85.1 Å². The zero-order valence-corrected chi connectivity index (χ0v) is 8.75. The Morgan fingerprint density at radius 3 is 2.71 bits per heavy atom. The second-order valence-corrected chi connectivity index (χ2v) is 4.22. The molecular weight excluding hydrogens is 172 g/mol. The SMILES string of the molecule is CC1=Cc2ccccc2C1(C)CCO. The quantitative estimate of drug-likeness (QED) is 0.756. The van der Waals surface area contributed by atoms with Gasteiger partial charge in [0.05, 0.1) is 0 Å². The van der Waals surface area contributed by atoms with Crippen molar-refractivity contribution in [1.82, 2.24) is 0 Å². The molecule has 0 aliphatic heterocycles. The van der Waals surface area contributed by atoms with Crippen molar-refractivity contribution in [3.63, 3.8) is 0 Å². The molecule has 0 radical (unpaired) electrons. The molecule has 1 aromatic carbocycles. The zero-order chi connectivity index (χ0) is 10.2. The van der Waals surface area contributed by atoms with Gasteiger partial charge in [0.2, 0.25) is 0 Å². The highest BCUT2D eigenvalue weighted by Gasteiger charge is 2.33. The highest BCUT2D eigenvalue weighted by molar-refractivity contribution is 5.68. The standard InChI is InChI=1S/C13H16O/c1-10-9-11-5-3-4-6-12(11)13(10,2)7-8-14/h3-6,9,14H,7-8H2,1-2H3. The molecule has 1 atom stereocenters. The summed E-state index contributed by atoms with van der Waals surface area (Å²) in [5.74, 6) is 0. The Morgan fingerprint density at radius 2 is 2.00 bits per heavy atom. The Balaban J connectivity index is 2.50. The van der Waals surface area contributed by atoms with E-state index in [0.717, 1.165) is 6.42 Å². The van der Waals surface area contributed by atoms with Crippen LogP contribution in [0.3, 0.4) is 0 Å². The lowest BCUT2D eigenvalue weighted by molar-refractivity contribution is 0.259. The van der Waals surface area contributed by atoms with Gasteiger partial charge in [0.15, 0.2) is 0 Å². The molecule has 0 saturated heterocycles. The molecular formula is C13H16O. The van der Waals surface area contributed by atoms with Crippen LogP contribution in [0.4, 0.5) is 0 Å². The van der Waals surface area contributed by atoms with E-state index in [1.165, 1.54) is 16.7 Å². The number of hydrogen-bond acceptors (Lipinski definition) is 1. The highest BCUT2D eigenvalue weighted by Crippen LogP contribution is 2.43. The van der Waals surface area contributed by atoms with Gasteiger partial charge in [-0.15, -0.1) is 0 Å². The molecule has 1 aliphatic rings. The number of fused-ring (bicyclic) bond motifs is 1. The molecule has 1 nitrogen and oxygen atoms in total. The van der Waals surface area contributed by atoms with Gasteiger partial charge in [0, 0.05) is 12.0 Å². The van der Waals surface area contributed by atoms with Crippen molar-refractivity contribution in [2.45, 2.75) is 25.7 Å². The summed E-state index contributed by atoms with van der Waals surface area (Å²) in [5, 5.41) is 9.11. The Kier molecular flexibility index (Phi) is 2.20. The Hall–Kier alpha value is -1.08. The van der Waals surface area contributed by atoms with E-state index in [1.807, 2.05) is 0 Å². The van der Waals surface area contributed by atoms with Gasteiger partial charge in [0.1, 0.15) is 0 Å². The van der Waals surface area contributed by atoms with Gasteiger partial charge in [-0.3, -0.25) is 0 Å². The second-order valence-electron chi connectivity index (χ2n) is 4.22. The number of rotatable bonds is 2. The van der Waals surface area contributed by atoms with Crippen LogP contribution < -0.4 is 0 Å². The molecule has 2 rings (SSSR count). The van der Waals surface area contributed by atoms with E-state index in [0.29, 0.717) is 0 Å². The molecule has 1 unspecified atom stereocenters. The van der Waals surface area contributed by atoms with Crippen molar-refractivity contribution in [3.8, 4) is 0 Å². The summed E-state index contributed by atoms with van der Waals surface area (Å²) < 4.78 is 0. The number of benzene rings is 1. The normalized spacial score (nSPS) is 24.6. The van der Waals surface area contributed by atoms with Gasteiger partial charge in [-0.1, -0.05) is 42.8 Å². The first-order valence-corrected chi connectivity index (χ1v) is 5.07. The molecule has 0 spiro atoms. The average Bonchev–Trinajstić information content (AvgIpc) is 2.41. The van der Waals surface area contributed by atoms with Crippen LogP contribution in [0.5, 0.6) is 0 Å². The summed E-state index contributed by atoms with van der Waals surface area (Å²) in [6, 6.07) is 8.44. The fourth-order valence-corrected chi connectivity index (χ4v) is 2.29. The molecule has 1 aromatic rings. The van der Waals surface area contributed by atoms with Crippen LogP contribution in [-0.2, 0) is 5.41 Å². The minimum Gasteiger partial charge on any atom is -0.396 e. The lowest BCUT2D eigenvalue weighted by atomic mass is 9.77. The molecule has 14 heavy (non-hydrogen) atoms. The molecule has 1 N–H and O–H groups in total. The fourth-order valence-electron chi connectivity index (χ4n) is 2.29. The first kappa shape index (κ1) is 9.47. The van der Waals surface area contributed by atoms with Crippen LogP contribution in [0.15, 0.2) is 29.8 Å². The second kappa shape index (κ2) is 3.25. The lowest BCUT2D eigenvalue weighted by Gasteiger charge is -2.27. The minimum absolute atomic E-state index is 0.0470. The maximum absolute atomic E-state index is 9.11. The van der Waals surface area contributed by atoms with Crippen LogP contribution in [0.2, 0.25) is 0 Å².